The van der Waals surface area contributed by atoms with Gasteiger partial charge < -0.3 is 40.2 Å². The van der Waals surface area contributed by atoms with Crippen LogP contribution < -0.4 is 15.6 Å². The van der Waals surface area contributed by atoms with Crippen molar-refractivity contribution in [1.29, 1.82) is 0 Å². The zero-order valence-corrected chi connectivity index (χ0v) is 37.6. The highest BCUT2D eigenvalue weighted by Gasteiger charge is 2.42. The highest BCUT2D eigenvalue weighted by atomic mass is 16.5. The van der Waals surface area contributed by atoms with Crippen molar-refractivity contribution < 1.29 is 44.3 Å². The van der Waals surface area contributed by atoms with Crippen molar-refractivity contribution in [3.63, 3.8) is 0 Å². The van der Waals surface area contributed by atoms with Gasteiger partial charge in [0, 0.05) is 54.6 Å². The Hall–Kier alpha value is -6.71. The van der Waals surface area contributed by atoms with Crippen LogP contribution in [0.25, 0.3) is 10.9 Å². The fourth-order valence-corrected chi connectivity index (χ4v) is 8.74. The minimum Gasteiger partial charge on any atom is -0.506 e. The number of hydrogen-bond donors (Lipinski definition) is 6. The second-order valence-corrected chi connectivity index (χ2v) is 17.4. The minimum absolute atomic E-state index is 0.0613. The van der Waals surface area contributed by atoms with Gasteiger partial charge in [-0.25, -0.2) is 9.79 Å². The summed E-state index contributed by atoms with van der Waals surface area (Å²) in [4.78, 5) is 60.5. The lowest BCUT2D eigenvalue weighted by molar-refractivity contribution is -0.164. The van der Waals surface area contributed by atoms with Gasteiger partial charge in [0.25, 0.3) is 0 Å². The van der Waals surface area contributed by atoms with E-state index < -0.39 is 23.6 Å². The number of piperidine rings is 1. The van der Waals surface area contributed by atoms with Crippen molar-refractivity contribution in [1.82, 2.24) is 15.2 Å². The second kappa shape index (κ2) is 22.7. The summed E-state index contributed by atoms with van der Waals surface area (Å²) in [5.74, 6) is -1.59. The summed E-state index contributed by atoms with van der Waals surface area (Å²) in [5.41, 5.74) is 0.508. The fraction of sp³-hybridized carbons (Fsp3) is 0.340. The molecular weight excluding hydrogens is 853 g/mol. The van der Waals surface area contributed by atoms with E-state index in [9.17, 15) is 39.6 Å². The number of fused-ring (bicyclic) bond motifs is 1. The van der Waals surface area contributed by atoms with Crippen molar-refractivity contribution in [2.24, 2.45) is 22.7 Å². The van der Waals surface area contributed by atoms with Crippen LogP contribution in [0.4, 0.5) is 0 Å². The number of aromatic amines is 1. The maximum absolute atomic E-state index is 13.9. The zero-order chi connectivity index (χ0) is 47.3. The summed E-state index contributed by atoms with van der Waals surface area (Å²) in [6.45, 7) is 4.60. The van der Waals surface area contributed by atoms with Gasteiger partial charge in [0.05, 0.1) is 24.4 Å². The number of aliphatic hydroxyl groups excluding tert-OH is 2. The second-order valence-electron chi connectivity index (χ2n) is 17.4. The number of aliphatic hydroxyl groups is 3. The molecular formula is C53H58N4O10. The third-order valence-corrected chi connectivity index (χ3v) is 12.6. The SMILES string of the molecule is C\C=C/C(CNC[C@H](O)c1ccc(O)c2[nH]c(=O)ccc12)=C(O)\C=N\C(=O)C[C@H]1C[C@H](C(=O)COc2cccc([C@](O)(C(=O)OCC3CCN(Cc4ccccc4)CC3)c3ccccc3)c2)C1. The van der Waals surface area contributed by atoms with Gasteiger partial charge in [0.15, 0.2) is 5.78 Å². The van der Waals surface area contributed by atoms with Gasteiger partial charge in [0.2, 0.25) is 17.1 Å². The number of aromatic nitrogens is 1. The van der Waals surface area contributed by atoms with Crippen LogP contribution in [0, 0.1) is 17.8 Å². The van der Waals surface area contributed by atoms with Crippen LogP contribution in [0.5, 0.6) is 11.5 Å². The van der Waals surface area contributed by atoms with Crippen LogP contribution >= 0.6 is 0 Å². The largest absolute Gasteiger partial charge is 0.506 e. The summed E-state index contributed by atoms with van der Waals surface area (Å²) in [6, 6.07) is 31.3. The molecule has 5 aromatic rings. The average molecular weight is 911 g/mol. The van der Waals surface area contributed by atoms with Crippen LogP contribution in [-0.2, 0) is 31.3 Å². The number of Topliss-reactive ketones (excluding diaryl/α,β-unsaturated/α-hetero) is 1. The normalized spacial score (nSPS) is 18.6. The summed E-state index contributed by atoms with van der Waals surface area (Å²) in [6.07, 6.45) is 6.28. The first-order chi connectivity index (χ1) is 32.4. The van der Waals surface area contributed by atoms with Gasteiger partial charge in [-0.2, -0.15) is 0 Å². The number of pyridine rings is 1. The first-order valence-electron chi connectivity index (χ1n) is 22.7. The number of phenolic OH excluding ortho intramolecular Hbond substituents is 1. The molecule has 0 unspecified atom stereocenters. The Kier molecular flexibility index (Phi) is 16.3. The Morgan fingerprint density at radius 1 is 0.925 bits per heavy atom. The smallest absolute Gasteiger partial charge is 0.347 e. The Bertz CT molecular complexity index is 2650. The van der Waals surface area contributed by atoms with Gasteiger partial charge in [0.1, 0.15) is 23.9 Å². The third-order valence-electron chi connectivity index (χ3n) is 12.6. The number of likely N-dealkylation sites (tertiary alicyclic amines) is 1. The lowest BCUT2D eigenvalue weighted by Crippen LogP contribution is -2.40. The molecule has 14 nitrogen and oxygen atoms in total. The van der Waals surface area contributed by atoms with Gasteiger partial charge >= 0.3 is 5.97 Å². The summed E-state index contributed by atoms with van der Waals surface area (Å²) in [5, 5.41) is 47.6. The molecule has 350 valence electrons. The number of H-pyrrole nitrogens is 1. The standard InChI is InChI=1S/C53H58N4O10/c1-2-10-38(29-54-30-47(60)43-17-19-45(58)51-44(43)18-20-49(62)56-51)46(59)31-55-50(63)27-37-25-39(26-37)48(61)34-66-42-16-9-15-41(28-42)53(65,40-13-7-4-8-14-40)52(64)67-33-36-21-23-57(24-22-36)32-35-11-5-3-6-12-35/h2-20,28,31,36-37,39,47,54,58-60,65H,21-27,29-30,32-34H2,1H3,(H,56,62)/b10-2-,46-38-,55-31+/t37-,39-,47-,53-/m0/s1. The number of hydrogen-bond acceptors (Lipinski definition) is 12. The number of phenols is 1. The molecule has 0 radical (unpaired) electrons. The van der Waals surface area contributed by atoms with E-state index in [4.69, 9.17) is 9.47 Å². The molecule has 1 saturated carbocycles. The number of carbonyl (C=O) groups is 3. The van der Waals surface area contributed by atoms with E-state index in [1.807, 2.05) is 18.2 Å². The van der Waals surface area contributed by atoms with Gasteiger partial charge in [-0.05, 0) is 98.5 Å². The van der Waals surface area contributed by atoms with Crippen molar-refractivity contribution in [2.45, 2.75) is 57.3 Å². The van der Waals surface area contributed by atoms with E-state index in [1.165, 1.54) is 23.8 Å². The number of aliphatic imine (C=N–C) groups is 1. The number of carbonyl (C=O) groups excluding carboxylic acids is 3. The lowest BCUT2D eigenvalue weighted by atomic mass is 9.71. The van der Waals surface area contributed by atoms with E-state index >= 15 is 0 Å². The monoisotopic (exact) mass is 910 g/mol. The first kappa shape index (κ1) is 48.2. The number of ketones is 1. The van der Waals surface area contributed by atoms with Crippen LogP contribution in [0.1, 0.15) is 67.4 Å². The van der Waals surface area contributed by atoms with Gasteiger partial charge in [-0.3, -0.25) is 19.3 Å². The Labute approximate surface area is 389 Å². The quantitative estimate of drug-likeness (QED) is 0.0211. The maximum atomic E-state index is 13.9. The summed E-state index contributed by atoms with van der Waals surface area (Å²) in [7, 11) is 0. The number of aromatic hydroxyl groups is 1. The topological polar surface area (TPSA) is 211 Å². The molecule has 2 heterocycles. The highest BCUT2D eigenvalue weighted by molar-refractivity contribution is 5.91. The van der Waals surface area contributed by atoms with E-state index in [2.05, 4.69) is 32.3 Å². The molecule has 14 heteroatoms. The van der Waals surface area contributed by atoms with Crippen molar-refractivity contribution in [2.75, 3.05) is 39.4 Å². The van der Waals surface area contributed by atoms with Crippen molar-refractivity contribution in [3.8, 4) is 11.5 Å². The van der Waals surface area contributed by atoms with E-state index in [0.29, 0.717) is 40.7 Å². The molecule has 1 amide bonds. The molecule has 67 heavy (non-hydrogen) atoms. The molecule has 4 aromatic carbocycles. The molecule has 1 saturated heterocycles. The number of nitrogens with one attached hydrogen (secondary N) is 2. The number of nitrogens with zero attached hydrogens (tertiary/aromatic N) is 2. The molecule has 1 aliphatic heterocycles. The van der Waals surface area contributed by atoms with Gasteiger partial charge in [-0.1, -0.05) is 91.0 Å². The summed E-state index contributed by atoms with van der Waals surface area (Å²) >= 11 is 0. The van der Waals surface area contributed by atoms with E-state index in [0.717, 1.165) is 38.7 Å². The molecule has 1 aromatic heterocycles. The summed E-state index contributed by atoms with van der Waals surface area (Å²) < 4.78 is 11.8. The average Bonchev–Trinajstić information content (AvgIpc) is 3.33. The third kappa shape index (κ3) is 12.4. The van der Waals surface area contributed by atoms with E-state index in [1.54, 1.807) is 79.7 Å². The number of allylic oxidation sites excluding steroid dienone is 2. The number of ether oxygens (including phenoxy) is 2. The number of esters is 1. The Morgan fingerprint density at radius 2 is 1.64 bits per heavy atom. The van der Waals surface area contributed by atoms with Crippen molar-refractivity contribution >= 4 is 34.8 Å². The Morgan fingerprint density at radius 3 is 2.37 bits per heavy atom. The van der Waals surface area contributed by atoms with Crippen LogP contribution in [-0.4, -0.2) is 93.6 Å². The molecule has 7 rings (SSSR count). The fourth-order valence-electron chi connectivity index (χ4n) is 8.74. The van der Waals surface area contributed by atoms with E-state index in [-0.39, 0.29) is 84.4 Å². The molecule has 6 N–H and O–H groups in total. The zero-order valence-electron chi connectivity index (χ0n) is 37.6. The molecule has 2 atom stereocenters. The molecule has 0 bridgehead atoms. The lowest BCUT2D eigenvalue weighted by Gasteiger charge is -2.33. The van der Waals surface area contributed by atoms with Crippen LogP contribution in [0.2, 0.25) is 0 Å². The highest BCUT2D eigenvalue weighted by Crippen LogP contribution is 2.38. The Balaban J connectivity index is 0.866. The number of benzene rings is 4. The van der Waals surface area contributed by atoms with Gasteiger partial charge in [-0.15, -0.1) is 0 Å². The predicted molar refractivity (Wildman–Crippen MR) is 255 cm³/mol. The predicted octanol–water partition coefficient (Wildman–Crippen LogP) is 6.60. The minimum atomic E-state index is -2.12. The van der Waals surface area contributed by atoms with Crippen LogP contribution in [0.15, 0.2) is 142 Å². The maximum Gasteiger partial charge on any atom is 0.347 e. The molecule has 2 fully saturated rings. The first-order valence-corrected chi connectivity index (χ1v) is 22.7. The van der Waals surface area contributed by atoms with Crippen LogP contribution in [0.3, 0.4) is 0 Å². The van der Waals surface area contributed by atoms with Crippen molar-refractivity contribution in [3.05, 3.63) is 165 Å². The molecule has 2 aliphatic rings. The number of rotatable bonds is 20. The number of amides is 1. The molecule has 0 spiro atoms. The molecule has 1 aliphatic carbocycles.